The predicted molar refractivity (Wildman–Crippen MR) is 75.4 cm³/mol. The summed E-state index contributed by atoms with van der Waals surface area (Å²) >= 11 is 0. The highest BCUT2D eigenvalue weighted by Gasteiger charge is 2.27. The number of carboxylic acids is 1. The normalized spacial score (nSPS) is 19.2. The maximum Gasteiger partial charge on any atom is 0.337 e. The van der Waals surface area contributed by atoms with Crippen molar-refractivity contribution >= 4 is 22.9 Å². The summed E-state index contributed by atoms with van der Waals surface area (Å²) in [5.41, 5.74) is 0.622. The first kappa shape index (κ1) is 13.4. The third kappa shape index (κ3) is 2.10. The molecule has 0 radical (unpaired) electrons. The van der Waals surface area contributed by atoms with Gasteiger partial charge in [0.25, 0.3) is 0 Å². The van der Waals surface area contributed by atoms with Crippen molar-refractivity contribution in [1.82, 2.24) is 14.5 Å². The number of H-pyrrole nitrogens is 1. The first-order chi connectivity index (χ1) is 9.99. The van der Waals surface area contributed by atoms with Gasteiger partial charge in [-0.05, 0) is 18.6 Å². The van der Waals surface area contributed by atoms with E-state index in [0.29, 0.717) is 30.4 Å². The van der Waals surface area contributed by atoms with Gasteiger partial charge in [0.2, 0.25) is 5.91 Å². The zero-order chi connectivity index (χ0) is 15.1. The molecular weight excluding hydrogens is 274 g/mol. The molecule has 1 fully saturated rings. The molecule has 1 atom stereocenters. The summed E-state index contributed by atoms with van der Waals surface area (Å²) in [7, 11) is 1.71. The molecule has 7 nitrogen and oxygen atoms in total. The number of imidazole rings is 1. The Morgan fingerprint density at radius 1 is 1.38 bits per heavy atom. The number of aromatic carboxylic acids is 1. The van der Waals surface area contributed by atoms with Crippen molar-refractivity contribution in [1.29, 1.82) is 0 Å². The summed E-state index contributed by atoms with van der Waals surface area (Å²) in [5.74, 6) is -1.02. The van der Waals surface area contributed by atoms with Gasteiger partial charge in [-0.15, -0.1) is 0 Å². The van der Waals surface area contributed by atoms with Crippen molar-refractivity contribution in [3.8, 4) is 0 Å². The van der Waals surface area contributed by atoms with Gasteiger partial charge in [-0.2, -0.15) is 0 Å². The summed E-state index contributed by atoms with van der Waals surface area (Å²) in [6, 6.07) is 4.66. The lowest BCUT2D eigenvalue weighted by molar-refractivity contribution is -0.132. The third-order valence-corrected chi connectivity index (χ3v) is 3.95. The smallest absolute Gasteiger partial charge is 0.337 e. The number of piperidine rings is 1. The molecule has 7 heteroatoms. The largest absolute Gasteiger partial charge is 0.478 e. The topological polar surface area (TPSA) is 95.4 Å². The summed E-state index contributed by atoms with van der Waals surface area (Å²) in [6.45, 7) is 0.447. The Labute approximate surface area is 119 Å². The second-order valence-electron chi connectivity index (χ2n) is 5.27. The number of fused-ring (bicyclic) bond motifs is 1. The maximum atomic E-state index is 12.2. The second kappa shape index (κ2) is 4.76. The number of likely N-dealkylation sites (N-methyl/N-ethyl adjacent to an activating group) is 1. The number of benzene rings is 1. The molecule has 1 aliphatic rings. The van der Waals surface area contributed by atoms with Crippen LogP contribution in [0.5, 0.6) is 0 Å². The minimum Gasteiger partial charge on any atom is -0.478 e. The number of aromatic nitrogens is 2. The fourth-order valence-electron chi connectivity index (χ4n) is 2.89. The molecule has 21 heavy (non-hydrogen) atoms. The van der Waals surface area contributed by atoms with Gasteiger partial charge in [-0.1, -0.05) is 6.07 Å². The molecular formula is C14H15N3O4. The van der Waals surface area contributed by atoms with Crippen LogP contribution in [0.3, 0.4) is 0 Å². The van der Waals surface area contributed by atoms with Crippen molar-refractivity contribution in [2.45, 2.75) is 18.9 Å². The van der Waals surface area contributed by atoms with Gasteiger partial charge in [-0.3, -0.25) is 9.36 Å². The Bertz CT molecular complexity index is 789. The summed E-state index contributed by atoms with van der Waals surface area (Å²) in [5, 5.41) is 9.19. The number of carboxylic acid groups (broad SMARTS) is 1. The van der Waals surface area contributed by atoms with Gasteiger partial charge in [0.05, 0.1) is 22.6 Å². The number of nitrogens with zero attached hydrogens (tertiary/aromatic N) is 2. The Morgan fingerprint density at radius 2 is 2.14 bits per heavy atom. The molecule has 0 bridgehead atoms. The Balaban J connectivity index is 2.13. The van der Waals surface area contributed by atoms with Crippen molar-refractivity contribution < 1.29 is 14.7 Å². The quantitative estimate of drug-likeness (QED) is 0.855. The third-order valence-electron chi connectivity index (χ3n) is 3.95. The predicted octanol–water partition coefficient (Wildman–Crippen LogP) is 0.821. The standard InChI is InChI=1S/C14H15N3O4/c1-16-7-8(5-6-11(16)18)17-10-4-2-3-9(13(19)20)12(10)15-14(17)21/h2-4,8H,5-7H2,1H3,(H,15,21)(H,19,20). The van der Waals surface area contributed by atoms with Crippen LogP contribution in [-0.2, 0) is 4.79 Å². The lowest BCUT2D eigenvalue weighted by atomic mass is 10.1. The molecule has 1 amide bonds. The zero-order valence-corrected chi connectivity index (χ0v) is 11.5. The highest BCUT2D eigenvalue weighted by atomic mass is 16.4. The van der Waals surface area contributed by atoms with Crippen LogP contribution in [0.1, 0.15) is 29.2 Å². The molecule has 0 saturated carbocycles. The van der Waals surface area contributed by atoms with Gasteiger partial charge < -0.3 is 15.0 Å². The molecule has 3 rings (SSSR count). The number of aromatic amines is 1. The minimum absolute atomic E-state index is 0.0605. The van der Waals surface area contributed by atoms with Crippen LogP contribution < -0.4 is 5.69 Å². The van der Waals surface area contributed by atoms with Gasteiger partial charge in [-0.25, -0.2) is 9.59 Å². The van der Waals surface area contributed by atoms with Crippen LogP contribution in [0.15, 0.2) is 23.0 Å². The van der Waals surface area contributed by atoms with E-state index in [9.17, 15) is 19.5 Å². The Kier molecular flexibility index (Phi) is 3.04. The maximum absolute atomic E-state index is 12.2. The zero-order valence-electron chi connectivity index (χ0n) is 11.5. The number of hydrogen-bond donors (Lipinski definition) is 2. The number of carbonyl (C=O) groups is 2. The van der Waals surface area contributed by atoms with Crippen LogP contribution in [0.4, 0.5) is 0 Å². The van der Waals surface area contributed by atoms with Gasteiger partial charge in [0.15, 0.2) is 0 Å². The first-order valence-electron chi connectivity index (χ1n) is 6.69. The minimum atomic E-state index is -1.08. The summed E-state index contributed by atoms with van der Waals surface area (Å²) in [4.78, 5) is 39.2. The van der Waals surface area contributed by atoms with E-state index < -0.39 is 5.97 Å². The molecule has 1 aliphatic heterocycles. The number of likely N-dealkylation sites (tertiary alicyclic amines) is 1. The Morgan fingerprint density at radius 3 is 2.81 bits per heavy atom. The fourth-order valence-corrected chi connectivity index (χ4v) is 2.89. The number of amides is 1. The number of para-hydroxylation sites is 1. The van der Waals surface area contributed by atoms with Crippen molar-refractivity contribution in [2.75, 3.05) is 13.6 Å². The van der Waals surface area contributed by atoms with Crippen LogP contribution in [0.2, 0.25) is 0 Å². The molecule has 2 N–H and O–H groups in total. The SMILES string of the molecule is CN1CC(n2c(=O)[nH]c3c(C(=O)O)cccc32)CCC1=O. The fraction of sp³-hybridized carbons (Fsp3) is 0.357. The van der Waals surface area contributed by atoms with E-state index in [2.05, 4.69) is 4.98 Å². The second-order valence-corrected chi connectivity index (χ2v) is 5.27. The molecule has 1 saturated heterocycles. The van der Waals surface area contributed by atoms with Crippen molar-refractivity contribution in [3.63, 3.8) is 0 Å². The number of nitrogens with one attached hydrogen (secondary N) is 1. The number of hydrogen-bond acceptors (Lipinski definition) is 3. The molecule has 2 heterocycles. The van der Waals surface area contributed by atoms with E-state index in [4.69, 9.17) is 0 Å². The average Bonchev–Trinajstić information content (AvgIpc) is 2.77. The molecule has 1 aromatic heterocycles. The van der Waals surface area contributed by atoms with Crippen molar-refractivity contribution in [2.24, 2.45) is 0 Å². The molecule has 2 aromatic rings. The molecule has 110 valence electrons. The van der Waals surface area contributed by atoms with Crippen LogP contribution in [-0.4, -0.2) is 45.0 Å². The van der Waals surface area contributed by atoms with E-state index in [-0.39, 0.29) is 23.2 Å². The van der Waals surface area contributed by atoms with Gasteiger partial charge in [0.1, 0.15) is 0 Å². The van der Waals surface area contributed by atoms with E-state index in [1.54, 1.807) is 28.6 Å². The highest BCUT2D eigenvalue weighted by Crippen LogP contribution is 2.25. The highest BCUT2D eigenvalue weighted by molar-refractivity contribution is 6.00. The number of rotatable bonds is 2. The van der Waals surface area contributed by atoms with Crippen LogP contribution in [0.25, 0.3) is 11.0 Å². The van der Waals surface area contributed by atoms with Crippen molar-refractivity contribution in [3.05, 3.63) is 34.2 Å². The first-order valence-corrected chi connectivity index (χ1v) is 6.69. The molecule has 1 aromatic carbocycles. The van der Waals surface area contributed by atoms with E-state index in [1.165, 1.54) is 6.07 Å². The van der Waals surface area contributed by atoms with Gasteiger partial charge >= 0.3 is 11.7 Å². The van der Waals surface area contributed by atoms with Gasteiger partial charge in [0, 0.05) is 20.0 Å². The van der Waals surface area contributed by atoms with E-state index >= 15 is 0 Å². The van der Waals surface area contributed by atoms with E-state index in [1.807, 2.05) is 0 Å². The number of carbonyl (C=O) groups excluding carboxylic acids is 1. The summed E-state index contributed by atoms with van der Waals surface area (Å²) < 4.78 is 1.56. The molecule has 0 spiro atoms. The Hall–Kier alpha value is -2.57. The van der Waals surface area contributed by atoms with Crippen LogP contribution in [0, 0.1) is 0 Å². The average molecular weight is 289 g/mol. The molecule has 1 unspecified atom stereocenters. The lowest BCUT2D eigenvalue weighted by Crippen LogP contribution is -2.40. The van der Waals surface area contributed by atoms with Crippen LogP contribution >= 0.6 is 0 Å². The summed E-state index contributed by atoms with van der Waals surface area (Å²) in [6.07, 6.45) is 0.965. The lowest BCUT2D eigenvalue weighted by Gasteiger charge is -2.30. The van der Waals surface area contributed by atoms with E-state index in [0.717, 1.165) is 0 Å². The molecule has 0 aliphatic carbocycles. The monoisotopic (exact) mass is 289 g/mol.